The number of rotatable bonds is 6. The van der Waals surface area contributed by atoms with Gasteiger partial charge < -0.3 is 5.11 Å². The average Bonchev–Trinajstić information content (AvgIpc) is 2.87. The maximum absolute atomic E-state index is 11.0. The van der Waals surface area contributed by atoms with Crippen molar-refractivity contribution < 1.29 is 5.11 Å². The van der Waals surface area contributed by atoms with Crippen LogP contribution in [0.25, 0.3) is 0 Å². The molecular weight excluding hydrogens is 256 g/mol. The summed E-state index contributed by atoms with van der Waals surface area (Å²) < 4.78 is 0. The summed E-state index contributed by atoms with van der Waals surface area (Å²) in [5.74, 6) is 1.33. The lowest BCUT2D eigenvalue weighted by atomic mass is 9.72. The molecule has 0 spiro atoms. The first kappa shape index (κ1) is 16.5. The third-order valence-corrected chi connectivity index (χ3v) is 4.93. The van der Waals surface area contributed by atoms with Gasteiger partial charge in [0, 0.05) is 5.41 Å². The van der Waals surface area contributed by atoms with Gasteiger partial charge in [-0.2, -0.15) is 0 Å². The van der Waals surface area contributed by atoms with E-state index >= 15 is 0 Å². The fourth-order valence-electron chi connectivity index (χ4n) is 4.14. The summed E-state index contributed by atoms with van der Waals surface area (Å²) in [6.45, 7) is 9.05. The first-order valence-corrected chi connectivity index (χ1v) is 8.70. The van der Waals surface area contributed by atoms with Gasteiger partial charge in [0.1, 0.15) is 0 Å². The molecule has 0 aromatic heterocycles. The normalized spacial score (nSPS) is 19.4. The van der Waals surface area contributed by atoms with Gasteiger partial charge in [-0.15, -0.1) is 0 Å². The number of hydrogen-bond donors (Lipinski definition) is 1. The van der Waals surface area contributed by atoms with Crippen LogP contribution in [0.2, 0.25) is 0 Å². The first-order valence-electron chi connectivity index (χ1n) is 8.70. The second kappa shape index (κ2) is 6.96. The summed E-state index contributed by atoms with van der Waals surface area (Å²) in [5.41, 5.74) is 2.61. The molecule has 21 heavy (non-hydrogen) atoms. The van der Waals surface area contributed by atoms with E-state index in [2.05, 4.69) is 52.0 Å². The summed E-state index contributed by atoms with van der Waals surface area (Å²) in [6, 6.07) is 8.72. The maximum Gasteiger partial charge on any atom is 0.0846 e. The Morgan fingerprint density at radius 3 is 2.00 bits per heavy atom. The van der Waals surface area contributed by atoms with Crippen molar-refractivity contribution >= 4 is 0 Å². The quantitative estimate of drug-likeness (QED) is 0.730. The van der Waals surface area contributed by atoms with E-state index < -0.39 is 0 Å². The molecule has 0 amide bonds. The van der Waals surface area contributed by atoms with E-state index in [4.69, 9.17) is 0 Å². The molecule has 0 radical (unpaired) electrons. The minimum absolute atomic E-state index is 0.119. The van der Waals surface area contributed by atoms with Crippen LogP contribution in [0.4, 0.5) is 0 Å². The van der Waals surface area contributed by atoms with Gasteiger partial charge in [0.15, 0.2) is 0 Å². The van der Waals surface area contributed by atoms with Crippen LogP contribution in [0.1, 0.15) is 77.0 Å². The zero-order valence-corrected chi connectivity index (χ0v) is 14.2. The summed E-state index contributed by atoms with van der Waals surface area (Å²) in [6.07, 6.45) is 6.87. The molecule has 1 N–H and O–H groups in total. The second-order valence-electron chi connectivity index (χ2n) is 7.91. The van der Waals surface area contributed by atoms with Crippen LogP contribution in [0.3, 0.4) is 0 Å². The molecule has 0 bridgehead atoms. The molecule has 1 unspecified atom stereocenters. The van der Waals surface area contributed by atoms with Gasteiger partial charge in [0.25, 0.3) is 0 Å². The Kier molecular flexibility index (Phi) is 5.48. The monoisotopic (exact) mass is 288 g/mol. The third kappa shape index (κ3) is 4.10. The lowest BCUT2D eigenvalue weighted by Crippen LogP contribution is -2.27. The summed E-state index contributed by atoms with van der Waals surface area (Å²) in [7, 11) is 0. The highest BCUT2D eigenvalue weighted by Crippen LogP contribution is 2.51. The van der Waals surface area contributed by atoms with Gasteiger partial charge in [-0.05, 0) is 48.6 Å². The summed E-state index contributed by atoms with van der Waals surface area (Å²) in [4.78, 5) is 0. The van der Waals surface area contributed by atoms with Gasteiger partial charge >= 0.3 is 0 Å². The molecule has 1 heteroatoms. The fraction of sp³-hybridized carbons (Fsp3) is 0.700. The number of aliphatic hydroxyl groups excluding tert-OH is 1. The number of aliphatic hydroxyl groups is 1. The van der Waals surface area contributed by atoms with Crippen molar-refractivity contribution in [2.75, 3.05) is 0 Å². The molecule has 1 atom stereocenters. The molecule has 1 aliphatic carbocycles. The van der Waals surface area contributed by atoms with Crippen molar-refractivity contribution in [3.63, 3.8) is 0 Å². The zero-order chi connectivity index (χ0) is 15.5. The smallest absolute Gasteiger partial charge is 0.0846 e. The SMILES string of the molecule is CC(C)Cc1ccc(C(O)C2(CC(C)C)CCCC2)cc1. The molecule has 0 aliphatic heterocycles. The van der Waals surface area contributed by atoms with E-state index in [-0.39, 0.29) is 11.5 Å². The summed E-state index contributed by atoms with van der Waals surface area (Å²) >= 11 is 0. The summed E-state index contributed by atoms with van der Waals surface area (Å²) in [5, 5.41) is 11.0. The second-order valence-corrected chi connectivity index (χ2v) is 7.91. The molecule has 118 valence electrons. The number of hydrogen-bond acceptors (Lipinski definition) is 1. The topological polar surface area (TPSA) is 20.2 Å². The van der Waals surface area contributed by atoms with Crippen molar-refractivity contribution in [1.29, 1.82) is 0 Å². The Labute approximate surface area is 130 Å². The highest BCUT2D eigenvalue weighted by Gasteiger charge is 2.41. The molecule has 1 fully saturated rings. The van der Waals surface area contributed by atoms with Crippen LogP contribution in [0, 0.1) is 17.3 Å². The van der Waals surface area contributed by atoms with Crippen LogP contribution in [0.5, 0.6) is 0 Å². The fourth-order valence-corrected chi connectivity index (χ4v) is 4.14. The van der Waals surface area contributed by atoms with E-state index in [1.54, 1.807) is 0 Å². The molecule has 2 rings (SSSR count). The average molecular weight is 288 g/mol. The van der Waals surface area contributed by atoms with Crippen LogP contribution >= 0.6 is 0 Å². The molecule has 0 saturated heterocycles. The lowest BCUT2D eigenvalue weighted by molar-refractivity contribution is 0.0112. The minimum atomic E-state index is -0.296. The first-order chi connectivity index (χ1) is 9.93. The van der Waals surface area contributed by atoms with E-state index in [9.17, 15) is 5.11 Å². The van der Waals surface area contributed by atoms with Gasteiger partial charge in [-0.25, -0.2) is 0 Å². The van der Waals surface area contributed by atoms with Crippen LogP contribution in [-0.4, -0.2) is 5.11 Å². The Morgan fingerprint density at radius 2 is 1.52 bits per heavy atom. The van der Waals surface area contributed by atoms with Gasteiger partial charge in [-0.1, -0.05) is 64.8 Å². The van der Waals surface area contributed by atoms with E-state index in [1.807, 2.05) is 0 Å². The Morgan fingerprint density at radius 1 is 0.952 bits per heavy atom. The highest BCUT2D eigenvalue weighted by molar-refractivity contribution is 5.26. The molecule has 1 aliphatic rings. The number of benzene rings is 1. The minimum Gasteiger partial charge on any atom is -0.388 e. The third-order valence-electron chi connectivity index (χ3n) is 4.93. The van der Waals surface area contributed by atoms with Gasteiger partial charge in [0.05, 0.1) is 6.10 Å². The largest absolute Gasteiger partial charge is 0.388 e. The van der Waals surface area contributed by atoms with E-state index in [0.29, 0.717) is 11.8 Å². The standard InChI is InChI=1S/C20H32O/c1-15(2)13-17-7-9-18(10-8-17)19(21)20(14-16(3)4)11-5-6-12-20/h7-10,15-16,19,21H,5-6,11-14H2,1-4H3. The van der Waals surface area contributed by atoms with Gasteiger partial charge in [0.2, 0.25) is 0 Å². The van der Waals surface area contributed by atoms with Crippen LogP contribution in [0.15, 0.2) is 24.3 Å². The van der Waals surface area contributed by atoms with Crippen molar-refractivity contribution in [3.8, 4) is 0 Å². The van der Waals surface area contributed by atoms with Crippen LogP contribution in [-0.2, 0) is 6.42 Å². The molecule has 0 heterocycles. The van der Waals surface area contributed by atoms with Gasteiger partial charge in [-0.3, -0.25) is 0 Å². The molecule has 1 aromatic rings. The molecule has 1 saturated carbocycles. The predicted molar refractivity (Wildman–Crippen MR) is 90.3 cm³/mol. The maximum atomic E-state index is 11.0. The van der Waals surface area contributed by atoms with Crippen molar-refractivity contribution in [3.05, 3.63) is 35.4 Å². The Hall–Kier alpha value is -0.820. The van der Waals surface area contributed by atoms with Crippen molar-refractivity contribution in [1.82, 2.24) is 0 Å². The molecule has 1 aromatic carbocycles. The Bertz CT molecular complexity index is 424. The van der Waals surface area contributed by atoms with Crippen LogP contribution < -0.4 is 0 Å². The lowest BCUT2D eigenvalue weighted by Gasteiger charge is -2.36. The predicted octanol–water partition coefficient (Wildman–Crippen LogP) is 5.53. The highest BCUT2D eigenvalue weighted by atomic mass is 16.3. The van der Waals surface area contributed by atoms with Crippen molar-refractivity contribution in [2.45, 2.75) is 72.3 Å². The van der Waals surface area contributed by atoms with E-state index in [0.717, 1.165) is 18.4 Å². The molecular formula is C20H32O. The van der Waals surface area contributed by atoms with E-state index in [1.165, 1.54) is 31.2 Å². The van der Waals surface area contributed by atoms with Crippen molar-refractivity contribution in [2.24, 2.45) is 17.3 Å². The zero-order valence-electron chi connectivity index (χ0n) is 14.2. The molecule has 1 nitrogen and oxygen atoms in total. The Balaban J connectivity index is 2.15.